The predicted molar refractivity (Wildman–Crippen MR) is 109 cm³/mol. The van der Waals surface area contributed by atoms with E-state index in [9.17, 15) is 13.2 Å². The van der Waals surface area contributed by atoms with Crippen molar-refractivity contribution in [1.82, 2.24) is 10.2 Å². The van der Waals surface area contributed by atoms with Gasteiger partial charge < -0.3 is 10.2 Å². The molecule has 0 spiro atoms. The van der Waals surface area contributed by atoms with Crippen LogP contribution in [0.5, 0.6) is 0 Å². The van der Waals surface area contributed by atoms with Crippen molar-refractivity contribution in [3.05, 3.63) is 29.8 Å². The number of benzene rings is 1. The van der Waals surface area contributed by atoms with E-state index in [4.69, 9.17) is 0 Å². The summed E-state index contributed by atoms with van der Waals surface area (Å²) < 4.78 is 25.0. The van der Waals surface area contributed by atoms with Crippen LogP contribution in [-0.2, 0) is 10.0 Å². The molecule has 0 aromatic heterocycles. The molecule has 7 heteroatoms. The van der Waals surface area contributed by atoms with Crippen molar-refractivity contribution in [2.45, 2.75) is 32.1 Å². The molecule has 0 unspecified atom stereocenters. The molecule has 2 N–H and O–H groups in total. The Morgan fingerprint density at radius 2 is 1.74 bits per heavy atom. The number of nitrogens with zero attached hydrogens (tertiary/aromatic N) is 1. The molecule has 1 aromatic carbocycles. The number of hydrogen-bond acceptors (Lipinski definition) is 5. The van der Waals surface area contributed by atoms with Crippen LogP contribution in [0.4, 0.5) is 5.69 Å². The van der Waals surface area contributed by atoms with E-state index >= 15 is 0 Å². The maximum absolute atomic E-state index is 12.7. The molecule has 27 heavy (non-hydrogen) atoms. The minimum atomic E-state index is -3.29. The molecule has 2 saturated heterocycles. The molecule has 150 valence electrons. The fourth-order valence-corrected chi connectivity index (χ4v) is 4.67. The number of rotatable bonds is 7. The number of anilines is 1. The van der Waals surface area contributed by atoms with Crippen molar-refractivity contribution < 1.29 is 13.2 Å². The number of Topliss-reactive ketones (excluding diaryl/α,β-unsaturated/α-hetero) is 1. The standard InChI is InChI=1S/C20H31N3O3S/c1-27(25,26)22-19-4-2-17(3-5-19)20(24)18-9-14-23(15-10-18)13-8-16-6-11-21-12-7-16/h2-5,16,18,21-22H,6-15H2,1H3. The summed E-state index contributed by atoms with van der Waals surface area (Å²) in [6.45, 7) is 5.45. The molecule has 3 rings (SSSR count). The zero-order valence-corrected chi connectivity index (χ0v) is 16.9. The zero-order valence-electron chi connectivity index (χ0n) is 16.1. The van der Waals surface area contributed by atoms with E-state index in [-0.39, 0.29) is 11.7 Å². The average Bonchev–Trinajstić information content (AvgIpc) is 2.66. The summed E-state index contributed by atoms with van der Waals surface area (Å²) in [6.07, 6.45) is 6.79. The van der Waals surface area contributed by atoms with Crippen molar-refractivity contribution in [3.8, 4) is 0 Å². The Bertz CT molecular complexity index is 719. The second-order valence-corrected chi connectivity index (χ2v) is 9.66. The number of carbonyl (C=O) groups excluding carboxylic acids is 1. The van der Waals surface area contributed by atoms with Gasteiger partial charge in [0, 0.05) is 17.2 Å². The molecular formula is C20H31N3O3S. The van der Waals surface area contributed by atoms with Crippen molar-refractivity contribution in [2.24, 2.45) is 11.8 Å². The molecule has 0 saturated carbocycles. The monoisotopic (exact) mass is 393 g/mol. The predicted octanol–water partition coefficient (Wildman–Crippen LogP) is 2.34. The van der Waals surface area contributed by atoms with Gasteiger partial charge in [-0.15, -0.1) is 0 Å². The van der Waals surface area contributed by atoms with E-state index in [0.717, 1.165) is 57.7 Å². The van der Waals surface area contributed by atoms with Crippen LogP contribution in [0.1, 0.15) is 42.5 Å². The quantitative estimate of drug-likeness (QED) is 0.695. The molecule has 6 nitrogen and oxygen atoms in total. The van der Waals surface area contributed by atoms with Gasteiger partial charge in [-0.05, 0) is 95.0 Å². The molecule has 2 fully saturated rings. The third-order valence-electron chi connectivity index (χ3n) is 5.74. The van der Waals surface area contributed by atoms with E-state index in [1.807, 2.05) is 0 Å². The van der Waals surface area contributed by atoms with Crippen LogP contribution in [0.2, 0.25) is 0 Å². The van der Waals surface area contributed by atoms with E-state index in [1.54, 1.807) is 24.3 Å². The number of nitrogens with one attached hydrogen (secondary N) is 2. The lowest BCUT2D eigenvalue weighted by molar-refractivity contribution is 0.0833. The van der Waals surface area contributed by atoms with Crippen LogP contribution in [0.25, 0.3) is 0 Å². The Kier molecular flexibility index (Phi) is 6.89. The number of hydrogen-bond donors (Lipinski definition) is 2. The van der Waals surface area contributed by atoms with Gasteiger partial charge in [0.15, 0.2) is 5.78 Å². The van der Waals surface area contributed by atoms with Crippen molar-refractivity contribution >= 4 is 21.5 Å². The molecule has 1 aromatic rings. The normalized spacial score (nSPS) is 20.5. The summed E-state index contributed by atoms with van der Waals surface area (Å²) in [7, 11) is -3.29. The smallest absolute Gasteiger partial charge is 0.229 e. The van der Waals surface area contributed by atoms with Gasteiger partial charge in [0.05, 0.1) is 6.26 Å². The molecule has 0 aliphatic carbocycles. The highest BCUT2D eigenvalue weighted by molar-refractivity contribution is 7.92. The van der Waals surface area contributed by atoms with Gasteiger partial charge in [0.2, 0.25) is 10.0 Å². The lowest BCUT2D eigenvalue weighted by atomic mass is 9.88. The average molecular weight is 394 g/mol. The second kappa shape index (κ2) is 9.17. The molecule has 0 atom stereocenters. The topological polar surface area (TPSA) is 78.5 Å². The first-order valence-electron chi connectivity index (χ1n) is 9.96. The third kappa shape index (κ3) is 6.30. The molecule has 2 aliphatic heterocycles. The number of sulfonamides is 1. The van der Waals surface area contributed by atoms with Gasteiger partial charge in [-0.3, -0.25) is 9.52 Å². The number of likely N-dealkylation sites (tertiary alicyclic amines) is 1. The van der Waals surface area contributed by atoms with Gasteiger partial charge in [-0.2, -0.15) is 0 Å². The molecule has 2 heterocycles. The van der Waals surface area contributed by atoms with Gasteiger partial charge in [0.25, 0.3) is 0 Å². The zero-order chi connectivity index (χ0) is 19.3. The maximum atomic E-state index is 12.7. The first-order valence-corrected chi connectivity index (χ1v) is 11.8. The highest BCUT2D eigenvalue weighted by Crippen LogP contribution is 2.24. The fraction of sp³-hybridized carbons (Fsp3) is 0.650. The van der Waals surface area contributed by atoms with Crippen LogP contribution in [0, 0.1) is 11.8 Å². The summed E-state index contributed by atoms with van der Waals surface area (Å²) in [5.41, 5.74) is 1.16. The highest BCUT2D eigenvalue weighted by Gasteiger charge is 2.26. The lowest BCUT2D eigenvalue weighted by Gasteiger charge is -2.33. The maximum Gasteiger partial charge on any atom is 0.229 e. The van der Waals surface area contributed by atoms with Crippen LogP contribution in [0.3, 0.4) is 0 Å². The minimum absolute atomic E-state index is 0.0776. The summed E-state index contributed by atoms with van der Waals surface area (Å²) >= 11 is 0. The SMILES string of the molecule is CS(=O)(=O)Nc1ccc(C(=O)C2CCN(CCC3CCNCC3)CC2)cc1. The first-order chi connectivity index (χ1) is 12.9. The van der Waals surface area contributed by atoms with E-state index in [0.29, 0.717) is 11.3 Å². The van der Waals surface area contributed by atoms with Crippen molar-refractivity contribution in [1.29, 1.82) is 0 Å². The van der Waals surface area contributed by atoms with Crippen LogP contribution < -0.4 is 10.0 Å². The van der Waals surface area contributed by atoms with E-state index in [2.05, 4.69) is 14.9 Å². The highest BCUT2D eigenvalue weighted by atomic mass is 32.2. The van der Waals surface area contributed by atoms with Crippen molar-refractivity contribution in [2.75, 3.05) is 43.7 Å². The Labute approximate surface area is 162 Å². The van der Waals surface area contributed by atoms with E-state index < -0.39 is 10.0 Å². The van der Waals surface area contributed by atoms with Gasteiger partial charge in [0.1, 0.15) is 0 Å². The minimum Gasteiger partial charge on any atom is -0.317 e. The first kappa shape index (κ1) is 20.3. The molecule has 2 aliphatic rings. The Hall–Kier alpha value is -1.44. The molecular weight excluding hydrogens is 362 g/mol. The van der Waals surface area contributed by atoms with Gasteiger partial charge in [-0.25, -0.2) is 8.42 Å². The molecule has 0 bridgehead atoms. The number of ketones is 1. The molecule has 0 radical (unpaired) electrons. The third-order valence-corrected chi connectivity index (χ3v) is 6.35. The fourth-order valence-electron chi connectivity index (χ4n) is 4.11. The summed E-state index contributed by atoms with van der Waals surface area (Å²) in [5.74, 6) is 1.11. The Balaban J connectivity index is 1.45. The second-order valence-electron chi connectivity index (χ2n) is 7.91. The lowest BCUT2D eigenvalue weighted by Crippen LogP contribution is -2.38. The van der Waals surface area contributed by atoms with Crippen molar-refractivity contribution in [3.63, 3.8) is 0 Å². The Morgan fingerprint density at radius 1 is 1.11 bits per heavy atom. The molecule has 0 amide bonds. The Morgan fingerprint density at radius 3 is 2.33 bits per heavy atom. The van der Waals surface area contributed by atoms with Crippen LogP contribution >= 0.6 is 0 Å². The number of carbonyl (C=O) groups is 1. The number of piperidine rings is 2. The summed E-state index contributed by atoms with van der Waals surface area (Å²) in [4.78, 5) is 15.2. The van der Waals surface area contributed by atoms with Gasteiger partial charge >= 0.3 is 0 Å². The summed E-state index contributed by atoms with van der Waals surface area (Å²) in [5, 5.41) is 3.42. The van der Waals surface area contributed by atoms with Gasteiger partial charge in [-0.1, -0.05) is 0 Å². The summed E-state index contributed by atoms with van der Waals surface area (Å²) in [6, 6.07) is 6.75. The van der Waals surface area contributed by atoms with Crippen LogP contribution in [0.15, 0.2) is 24.3 Å². The largest absolute Gasteiger partial charge is 0.317 e. The van der Waals surface area contributed by atoms with Crippen LogP contribution in [-0.4, -0.2) is 58.1 Å². The van der Waals surface area contributed by atoms with E-state index in [1.165, 1.54) is 19.3 Å².